The second-order valence-corrected chi connectivity index (χ2v) is 13.0. The number of hydrazine groups is 1. The van der Waals surface area contributed by atoms with Crippen LogP contribution in [-0.4, -0.2) is 62.2 Å². The van der Waals surface area contributed by atoms with E-state index in [0.717, 1.165) is 0 Å². The molecule has 4 aromatic rings. The summed E-state index contributed by atoms with van der Waals surface area (Å²) in [5, 5.41) is 17.0. The largest absolute Gasteiger partial charge is 0.361 e. The maximum Gasteiger partial charge on any atom is 0.339 e. The Balaban J connectivity index is 1.31. The van der Waals surface area contributed by atoms with Gasteiger partial charge in [0.2, 0.25) is 5.91 Å². The minimum atomic E-state index is -3.99. The fraction of sp³-hybridized carbons (Fsp3) is 0.241. The molecule has 0 bridgehead atoms. The Kier molecular flexibility index (Phi) is 7.76. The van der Waals surface area contributed by atoms with Crippen molar-refractivity contribution < 1.29 is 28.5 Å². The zero-order chi connectivity index (χ0) is 30.5. The van der Waals surface area contributed by atoms with Crippen LogP contribution in [0.2, 0.25) is 5.02 Å². The van der Waals surface area contributed by atoms with Gasteiger partial charge in [0.05, 0.1) is 16.2 Å². The summed E-state index contributed by atoms with van der Waals surface area (Å²) >= 11 is 5.86. The molecule has 5 N–H and O–H groups in total. The lowest BCUT2D eigenvalue weighted by Crippen LogP contribution is -2.61. The van der Waals surface area contributed by atoms with Crippen molar-refractivity contribution in [1.29, 1.82) is 0 Å². The number of aliphatic hydroxyl groups excluding tert-OH is 1. The van der Waals surface area contributed by atoms with E-state index in [-0.39, 0.29) is 34.3 Å². The van der Waals surface area contributed by atoms with Gasteiger partial charge in [-0.2, -0.15) is 0 Å². The van der Waals surface area contributed by atoms with Gasteiger partial charge < -0.3 is 19.9 Å². The molecule has 3 heterocycles. The second-order valence-electron chi connectivity index (χ2n) is 10.4. The number of nitrogens with two attached hydrogens (primary N) is 1. The number of aromatic nitrogens is 1. The smallest absolute Gasteiger partial charge is 0.339 e. The Morgan fingerprint density at radius 1 is 1.09 bits per heavy atom. The molecule has 3 aromatic carbocycles. The molecular weight excluding hydrogens is 598 g/mol. The molecule has 2 aliphatic rings. The summed E-state index contributed by atoms with van der Waals surface area (Å²) in [6.45, 7) is 1.05. The van der Waals surface area contributed by atoms with Crippen LogP contribution in [0.4, 0.5) is 14.9 Å². The predicted octanol–water partition coefficient (Wildman–Crippen LogP) is 2.61. The minimum Gasteiger partial charge on any atom is -0.361 e. The van der Waals surface area contributed by atoms with Crippen LogP contribution in [0, 0.1) is 5.82 Å². The number of rotatable bonds is 7. The maximum atomic E-state index is 14.4. The van der Waals surface area contributed by atoms with E-state index in [4.69, 9.17) is 17.3 Å². The molecule has 0 aliphatic carbocycles. The van der Waals surface area contributed by atoms with E-state index in [1.807, 2.05) is 0 Å². The van der Waals surface area contributed by atoms with Gasteiger partial charge in [-0.3, -0.25) is 20.0 Å². The topological polar surface area (TPSA) is 144 Å². The van der Waals surface area contributed by atoms with Crippen molar-refractivity contribution in [3.05, 3.63) is 89.3 Å². The number of carbonyl (C=O) groups excluding carboxylic acids is 2. The van der Waals surface area contributed by atoms with Crippen molar-refractivity contribution in [3.8, 4) is 0 Å². The summed E-state index contributed by atoms with van der Waals surface area (Å²) in [6.07, 6.45) is 0.456. The third-order valence-corrected chi connectivity index (χ3v) is 10.2. The molecule has 11 nitrogen and oxygen atoms in total. The molecular formula is C29H29ClFN6O5P. The first kappa shape index (κ1) is 29.3. The number of aliphatic hydroxyl groups is 1. The molecule has 6 rings (SSSR count). The number of hydrogen-bond acceptors (Lipinski definition) is 6. The van der Waals surface area contributed by atoms with Gasteiger partial charge in [0.15, 0.2) is 6.35 Å². The van der Waals surface area contributed by atoms with E-state index >= 15 is 0 Å². The van der Waals surface area contributed by atoms with Crippen molar-refractivity contribution in [1.82, 2.24) is 19.9 Å². The lowest BCUT2D eigenvalue weighted by Gasteiger charge is -2.41. The molecule has 2 aliphatic heterocycles. The minimum absolute atomic E-state index is 0.0492. The number of fused-ring (bicyclic) bond motifs is 2. The number of urea groups is 1. The number of nitrogens with zero attached hydrogens (tertiary/aromatic N) is 4. The molecule has 0 saturated carbocycles. The van der Waals surface area contributed by atoms with E-state index in [2.05, 4.69) is 5.32 Å². The number of benzene rings is 3. The first-order chi connectivity index (χ1) is 20.6. The zero-order valence-electron chi connectivity index (χ0n) is 22.8. The summed E-state index contributed by atoms with van der Waals surface area (Å²) in [4.78, 5) is 39.7. The van der Waals surface area contributed by atoms with Crippen LogP contribution < -0.4 is 26.6 Å². The molecule has 224 valence electrons. The highest BCUT2D eigenvalue weighted by Gasteiger charge is 2.45. The van der Waals surface area contributed by atoms with Gasteiger partial charge in [0, 0.05) is 53.9 Å². The summed E-state index contributed by atoms with van der Waals surface area (Å²) in [7, 11) is -3.99. The Labute approximate surface area is 251 Å². The normalized spacial score (nSPS) is 19.4. The second kappa shape index (κ2) is 11.4. The Morgan fingerprint density at radius 3 is 2.60 bits per heavy atom. The molecule has 43 heavy (non-hydrogen) atoms. The third kappa shape index (κ3) is 5.20. The number of halogens is 2. The Bertz CT molecular complexity index is 1770. The number of amides is 3. The van der Waals surface area contributed by atoms with Crippen molar-refractivity contribution in [2.45, 2.75) is 25.4 Å². The van der Waals surface area contributed by atoms with E-state index in [9.17, 15) is 28.5 Å². The zero-order valence-corrected chi connectivity index (χ0v) is 24.5. The van der Waals surface area contributed by atoms with Gasteiger partial charge in [0.25, 0.3) is 7.37 Å². The Hall–Kier alpha value is -3.77. The molecule has 2 saturated heterocycles. The van der Waals surface area contributed by atoms with Gasteiger partial charge in [-0.15, -0.1) is 0 Å². The van der Waals surface area contributed by atoms with Gasteiger partial charge >= 0.3 is 6.03 Å². The number of nitrogens with one attached hydrogen (secondary N) is 1. The van der Waals surface area contributed by atoms with Crippen LogP contribution in [0.3, 0.4) is 0 Å². The average Bonchev–Trinajstić information content (AvgIpc) is 3.61. The number of anilines is 1. The standard InChI is InChI=1S/C29H29ClFN6O5P/c30-22-8-4-5-18(26(22)31)16-33-27(38)24-11-12-34-13-14-35(29(40)37(24)34)25-17-36(28(32)39)23-10-9-20(15-21(23)25)43(41,42)19-6-2-1-3-7-19/h1-10,15,17,24,28,39H,11-14,16,32H2,(H,33,38)(H,41,42)/t24-,28?/m0/s1. The molecule has 0 radical (unpaired) electrons. The van der Waals surface area contributed by atoms with Gasteiger partial charge in [-0.1, -0.05) is 41.9 Å². The van der Waals surface area contributed by atoms with Gasteiger partial charge in [0.1, 0.15) is 11.9 Å². The van der Waals surface area contributed by atoms with Crippen LogP contribution in [0.5, 0.6) is 0 Å². The Morgan fingerprint density at radius 2 is 1.86 bits per heavy atom. The molecule has 0 spiro atoms. The quantitative estimate of drug-likeness (QED) is 0.182. The highest BCUT2D eigenvalue weighted by atomic mass is 35.5. The van der Waals surface area contributed by atoms with Crippen LogP contribution >= 0.6 is 19.0 Å². The van der Waals surface area contributed by atoms with E-state index in [1.54, 1.807) is 47.5 Å². The van der Waals surface area contributed by atoms with Gasteiger partial charge in [-0.25, -0.2) is 19.2 Å². The molecule has 1 aromatic heterocycles. The first-order valence-electron chi connectivity index (χ1n) is 13.6. The predicted molar refractivity (Wildman–Crippen MR) is 161 cm³/mol. The van der Waals surface area contributed by atoms with Crippen LogP contribution in [0.15, 0.2) is 72.9 Å². The van der Waals surface area contributed by atoms with Crippen LogP contribution in [0.1, 0.15) is 18.3 Å². The van der Waals surface area contributed by atoms with Crippen LogP contribution in [-0.2, 0) is 15.9 Å². The monoisotopic (exact) mass is 626 g/mol. The molecule has 3 amide bonds. The summed E-state index contributed by atoms with van der Waals surface area (Å²) < 4.78 is 29.3. The SMILES string of the molecule is NC(O)n1cc(N2CCN3CC[C@@H](C(=O)NCc4cccc(Cl)c4F)N3C2=O)c2cc(P(=O)(O)c3ccccc3)ccc21. The third-order valence-electron chi connectivity index (χ3n) is 7.88. The first-order valence-corrected chi connectivity index (χ1v) is 15.6. The lowest BCUT2D eigenvalue weighted by molar-refractivity contribution is -0.127. The highest BCUT2D eigenvalue weighted by molar-refractivity contribution is 7.73. The van der Waals surface area contributed by atoms with Crippen molar-refractivity contribution in [2.24, 2.45) is 5.73 Å². The molecule has 3 atom stereocenters. The lowest BCUT2D eigenvalue weighted by atomic mass is 10.1. The average molecular weight is 627 g/mol. The van der Waals surface area contributed by atoms with Crippen LogP contribution in [0.25, 0.3) is 10.9 Å². The van der Waals surface area contributed by atoms with Crippen molar-refractivity contribution >= 4 is 58.1 Å². The fourth-order valence-electron chi connectivity index (χ4n) is 5.68. The maximum absolute atomic E-state index is 14.4. The van der Waals surface area contributed by atoms with E-state index in [0.29, 0.717) is 36.1 Å². The summed E-state index contributed by atoms with van der Waals surface area (Å²) in [6, 6.07) is 16.1. The fourth-order valence-corrected chi connectivity index (χ4v) is 7.33. The number of carbonyl (C=O) groups is 2. The number of hydrogen-bond donors (Lipinski definition) is 4. The van der Waals surface area contributed by atoms with E-state index in [1.165, 1.54) is 44.9 Å². The highest BCUT2D eigenvalue weighted by Crippen LogP contribution is 2.41. The van der Waals surface area contributed by atoms with Gasteiger partial charge in [-0.05, 0) is 42.8 Å². The molecule has 2 fully saturated rings. The van der Waals surface area contributed by atoms with Crippen molar-refractivity contribution in [2.75, 3.05) is 24.5 Å². The van der Waals surface area contributed by atoms with E-state index < -0.39 is 37.5 Å². The summed E-state index contributed by atoms with van der Waals surface area (Å²) in [5.41, 5.74) is 6.87. The van der Waals surface area contributed by atoms with Crippen molar-refractivity contribution in [3.63, 3.8) is 0 Å². The molecule has 2 unspecified atom stereocenters. The molecule has 14 heteroatoms. The summed E-state index contributed by atoms with van der Waals surface area (Å²) in [5.74, 6) is -1.06.